The van der Waals surface area contributed by atoms with Crippen molar-refractivity contribution < 1.29 is 4.39 Å². The second kappa shape index (κ2) is 4.37. The van der Waals surface area contributed by atoms with Gasteiger partial charge in [0.25, 0.3) is 0 Å². The molecule has 0 saturated heterocycles. The van der Waals surface area contributed by atoms with Crippen LogP contribution in [-0.2, 0) is 0 Å². The smallest absolute Gasteiger partial charge is 0.145 e. The van der Waals surface area contributed by atoms with Gasteiger partial charge in [0.1, 0.15) is 16.7 Å². The van der Waals surface area contributed by atoms with E-state index in [1.165, 1.54) is 6.33 Å². The van der Waals surface area contributed by atoms with Crippen molar-refractivity contribution >= 4 is 31.9 Å². The summed E-state index contributed by atoms with van der Waals surface area (Å²) >= 11 is 6.40. The molecule has 0 aliphatic heterocycles. The minimum Gasteiger partial charge on any atom is -0.244 e. The molecule has 0 N–H and O–H groups in total. The van der Waals surface area contributed by atoms with Crippen LogP contribution in [0, 0.1) is 5.82 Å². The van der Waals surface area contributed by atoms with Gasteiger partial charge in [0.2, 0.25) is 0 Å². The zero-order chi connectivity index (χ0) is 10.8. The van der Waals surface area contributed by atoms with Crippen molar-refractivity contribution in [1.29, 1.82) is 0 Å². The van der Waals surface area contributed by atoms with Gasteiger partial charge >= 0.3 is 0 Å². The van der Waals surface area contributed by atoms with Crippen molar-refractivity contribution in [3.8, 4) is 11.1 Å². The highest BCUT2D eigenvalue weighted by Crippen LogP contribution is 2.30. The monoisotopic (exact) mass is 330 g/mol. The number of hydrogen-bond donors (Lipinski definition) is 0. The molecule has 1 aromatic heterocycles. The van der Waals surface area contributed by atoms with E-state index in [2.05, 4.69) is 41.8 Å². The predicted molar refractivity (Wildman–Crippen MR) is 62.8 cm³/mol. The molecule has 0 saturated carbocycles. The number of halogens is 3. The first kappa shape index (κ1) is 10.7. The zero-order valence-electron chi connectivity index (χ0n) is 7.42. The zero-order valence-corrected chi connectivity index (χ0v) is 10.6. The van der Waals surface area contributed by atoms with Crippen LogP contribution in [0.4, 0.5) is 4.39 Å². The summed E-state index contributed by atoms with van der Waals surface area (Å²) in [6.45, 7) is 0. The van der Waals surface area contributed by atoms with Crippen LogP contribution in [0.2, 0.25) is 0 Å². The Hall–Kier alpha value is -0.810. The van der Waals surface area contributed by atoms with Gasteiger partial charge in [0.15, 0.2) is 0 Å². The molecule has 0 radical (unpaired) electrons. The number of nitrogens with zero attached hydrogens (tertiary/aromatic N) is 2. The second-order valence-corrected chi connectivity index (χ2v) is 4.43. The molecule has 1 aromatic carbocycles. The summed E-state index contributed by atoms with van der Waals surface area (Å²) in [4.78, 5) is 7.82. The Morgan fingerprint density at radius 1 is 1.13 bits per heavy atom. The fourth-order valence-corrected chi connectivity index (χ4v) is 1.98. The number of benzene rings is 1. The van der Waals surface area contributed by atoms with Crippen molar-refractivity contribution in [2.45, 2.75) is 0 Å². The van der Waals surface area contributed by atoms with E-state index in [9.17, 15) is 4.39 Å². The molecular weight excluding hydrogens is 327 g/mol. The molecule has 2 rings (SSSR count). The highest BCUT2D eigenvalue weighted by Gasteiger charge is 2.11. The van der Waals surface area contributed by atoms with E-state index in [0.717, 1.165) is 0 Å². The lowest BCUT2D eigenvalue weighted by Crippen LogP contribution is -1.89. The summed E-state index contributed by atoms with van der Waals surface area (Å²) in [5, 5.41) is 0. The van der Waals surface area contributed by atoms with Crippen LogP contribution < -0.4 is 0 Å². The highest BCUT2D eigenvalue weighted by atomic mass is 79.9. The van der Waals surface area contributed by atoms with Gasteiger partial charge in [-0.15, -0.1) is 0 Å². The number of rotatable bonds is 1. The maximum absolute atomic E-state index is 13.7. The molecule has 0 aliphatic carbocycles. The van der Waals surface area contributed by atoms with E-state index < -0.39 is 0 Å². The summed E-state index contributed by atoms with van der Waals surface area (Å²) in [6, 6.07) is 5.10. The standard InChI is InChI=1S/C10H5Br2FN2/c11-8-3-1-2-6(9(8)13)7-4-14-5-15-10(7)12/h1-5H. The van der Waals surface area contributed by atoms with E-state index in [4.69, 9.17) is 0 Å². The fraction of sp³-hybridized carbons (Fsp3) is 0. The maximum atomic E-state index is 13.7. The summed E-state index contributed by atoms with van der Waals surface area (Å²) < 4.78 is 14.7. The molecule has 0 unspecified atom stereocenters. The van der Waals surface area contributed by atoms with Gasteiger partial charge in [0, 0.05) is 17.3 Å². The van der Waals surface area contributed by atoms with Gasteiger partial charge in [-0.2, -0.15) is 0 Å². The van der Waals surface area contributed by atoms with Crippen LogP contribution in [0.3, 0.4) is 0 Å². The lowest BCUT2D eigenvalue weighted by molar-refractivity contribution is 0.624. The lowest BCUT2D eigenvalue weighted by Gasteiger charge is -2.05. The van der Waals surface area contributed by atoms with E-state index in [-0.39, 0.29) is 5.82 Å². The summed E-state index contributed by atoms with van der Waals surface area (Å²) in [5.41, 5.74) is 1.10. The van der Waals surface area contributed by atoms with Crippen LogP contribution in [0.15, 0.2) is 39.8 Å². The van der Waals surface area contributed by atoms with E-state index in [1.807, 2.05) is 0 Å². The molecule has 15 heavy (non-hydrogen) atoms. The van der Waals surface area contributed by atoms with E-state index >= 15 is 0 Å². The molecule has 0 atom stereocenters. The molecule has 76 valence electrons. The van der Waals surface area contributed by atoms with Gasteiger partial charge in [-0.1, -0.05) is 12.1 Å². The molecular formula is C10H5Br2FN2. The Morgan fingerprint density at radius 3 is 2.67 bits per heavy atom. The third-order valence-corrected chi connectivity index (χ3v) is 3.15. The van der Waals surface area contributed by atoms with Gasteiger partial charge in [-0.05, 0) is 37.9 Å². The Labute approximate surface area is 103 Å². The quantitative estimate of drug-likeness (QED) is 0.743. The fourth-order valence-electron chi connectivity index (χ4n) is 1.21. The molecule has 0 spiro atoms. The van der Waals surface area contributed by atoms with Crippen LogP contribution in [-0.4, -0.2) is 9.97 Å². The summed E-state index contributed by atoms with van der Waals surface area (Å²) in [5.74, 6) is -0.312. The van der Waals surface area contributed by atoms with Crippen molar-refractivity contribution in [2.75, 3.05) is 0 Å². The maximum Gasteiger partial charge on any atom is 0.145 e. The van der Waals surface area contributed by atoms with Crippen molar-refractivity contribution in [3.05, 3.63) is 45.6 Å². The van der Waals surface area contributed by atoms with Crippen molar-refractivity contribution in [1.82, 2.24) is 9.97 Å². The third kappa shape index (κ3) is 2.08. The largest absolute Gasteiger partial charge is 0.244 e. The molecule has 1 heterocycles. The molecule has 0 amide bonds. The van der Waals surface area contributed by atoms with Crippen LogP contribution in [0.5, 0.6) is 0 Å². The SMILES string of the molecule is Fc1c(Br)cccc1-c1cncnc1Br. The van der Waals surface area contributed by atoms with E-state index in [1.54, 1.807) is 24.4 Å². The average molecular weight is 332 g/mol. The van der Waals surface area contributed by atoms with Crippen LogP contribution in [0.25, 0.3) is 11.1 Å². The molecule has 0 aliphatic rings. The van der Waals surface area contributed by atoms with Gasteiger partial charge in [0.05, 0.1) is 4.47 Å². The Morgan fingerprint density at radius 2 is 1.93 bits per heavy atom. The molecule has 2 nitrogen and oxygen atoms in total. The number of hydrogen-bond acceptors (Lipinski definition) is 2. The topological polar surface area (TPSA) is 25.8 Å². The summed E-state index contributed by atoms with van der Waals surface area (Å²) in [7, 11) is 0. The van der Waals surface area contributed by atoms with Crippen molar-refractivity contribution in [3.63, 3.8) is 0 Å². The Kier molecular flexibility index (Phi) is 3.11. The molecule has 0 fully saturated rings. The average Bonchev–Trinajstić information content (AvgIpc) is 2.23. The van der Waals surface area contributed by atoms with E-state index in [0.29, 0.717) is 20.2 Å². The lowest BCUT2D eigenvalue weighted by atomic mass is 10.1. The predicted octanol–water partition coefficient (Wildman–Crippen LogP) is 3.81. The first-order valence-corrected chi connectivity index (χ1v) is 5.68. The minimum atomic E-state index is -0.312. The normalized spacial score (nSPS) is 10.3. The van der Waals surface area contributed by atoms with Gasteiger partial charge in [-0.25, -0.2) is 14.4 Å². The minimum absolute atomic E-state index is 0.312. The molecule has 2 aromatic rings. The number of aromatic nitrogens is 2. The van der Waals surface area contributed by atoms with Gasteiger partial charge in [-0.3, -0.25) is 0 Å². The molecule has 5 heteroatoms. The van der Waals surface area contributed by atoms with Crippen molar-refractivity contribution in [2.24, 2.45) is 0 Å². The van der Waals surface area contributed by atoms with Crippen LogP contribution >= 0.6 is 31.9 Å². The van der Waals surface area contributed by atoms with Gasteiger partial charge < -0.3 is 0 Å². The molecule has 0 bridgehead atoms. The highest BCUT2D eigenvalue weighted by molar-refractivity contribution is 9.10. The first-order valence-electron chi connectivity index (χ1n) is 4.10. The Bertz CT molecular complexity index is 503. The summed E-state index contributed by atoms with van der Waals surface area (Å²) in [6.07, 6.45) is 2.98. The first-order chi connectivity index (χ1) is 7.20. The third-order valence-electron chi connectivity index (χ3n) is 1.91. The second-order valence-electron chi connectivity index (χ2n) is 2.83. The Balaban J connectivity index is 2.65. The van der Waals surface area contributed by atoms with Crippen LogP contribution in [0.1, 0.15) is 0 Å².